The van der Waals surface area contributed by atoms with Crippen LogP contribution in [0.5, 0.6) is 0 Å². The molecule has 1 aromatic carbocycles. The molecule has 1 aliphatic rings. The van der Waals surface area contributed by atoms with E-state index < -0.39 is 34.4 Å². The van der Waals surface area contributed by atoms with Gasteiger partial charge in [0.2, 0.25) is 5.91 Å². The zero-order chi connectivity index (χ0) is 21.2. The SMILES string of the molecule is CC(=O)NCc1ccc(S(=O)(=O)NCC(=O)ON2C(=O)c3ccccc3C2=O)s1. The van der Waals surface area contributed by atoms with E-state index in [0.717, 1.165) is 11.3 Å². The summed E-state index contributed by atoms with van der Waals surface area (Å²) in [4.78, 5) is 52.5. The summed E-state index contributed by atoms with van der Waals surface area (Å²) in [6, 6.07) is 8.82. The minimum Gasteiger partial charge on any atom is -0.351 e. The molecule has 152 valence electrons. The van der Waals surface area contributed by atoms with E-state index in [-0.39, 0.29) is 27.8 Å². The Bertz CT molecular complexity index is 1070. The third kappa shape index (κ3) is 4.50. The number of carbonyl (C=O) groups excluding carboxylic acids is 4. The predicted molar refractivity (Wildman–Crippen MR) is 100 cm³/mol. The smallest absolute Gasteiger partial charge is 0.347 e. The van der Waals surface area contributed by atoms with Gasteiger partial charge in [0.15, 0.2) is 0 Å². The summed E-state index contributed by atoms with van der Waals surface area (Å²) in [6.07, 6.45) is 0. The van der Waals surface area contributed by atoms with Crippen molar-refractivity contribution in [2.45, 2.75) is 17.7 Å². The van der Waals surface area contributed by atoms with Crippen molar-refractivity contribution in [1.29, 1.82) is 0 Å². The van der Waals surface area contributed by atoms with Crippen LogP contribution in [0.15, 0.2) is 40.6 Å². The molecule has 0 saturated carbocycles. The lowest BCUT2D eigenvalue weighted by Gasteiger charge is -2.12. The summed E-state index contributed by atoms with van der Waals surface area (Å²) in [5.74, 6) is -2.99. The van der Waals surface area contributed by atoms with Gasteiger partial charge < -0.3 is 10.2 Å². The number of hydrogen-bond acceptors (Lipinski definition) is 8. The van der Waals surface area contributed by atoms with Gasteiger partial charge in [-0.3, -0.25) is 14.4 Å². The summed E-state index contributed by atoms with van der Waals surface area (Å²) >= 11 is 0.923. The number of nitrogens with zero attached hydrogens (tertiary/aromatic N) is 1. The highest BCUT2D eigenvalue weighted by Crippen LogP contribution is 2.23. The molecule has 29 heavy (non-hydrogen) atoms. The van der Waals surface area contributed by atoms with Crippen molar-refractivity contribution >= 4 is 45.1 Å². The highest BCUT2D eigenvalue weighted by atomic mass is 32.2. The molecular formula is C17H15N3O7S2. The first-order valence-corrected chi connectivity index (χ1v) is 10.5. The van der Waals surface area contributed by atoms with Crippen LogP contribution in [0.1, 0.15) is 32.5 Å². The minimum atomic E-state index is -4.02. The summed E-state index contributed by atoms with van der Waals surface area (Å²) in [6.45, 7) is 0.735. The van der Waals surface area contributed by atoms with Crippen LogP contribution in [0.3, 0.4) is 0 Å². The largest absolute Gasteiger partial charge is 0.351 e. The molecule has 12 heteroatoms. The standard InChI is InChI=1S/C17H15N3O7S2/c1-10(21)18-8-11-6-7-15(28-11)29(25,26)19-9-14(22)27-20-16(23)12-4-2-3-5-13(12)17(20)24/h2-7,19H,8-9H2,1H3,(H,18,21). The molecule has 0 aliphatic carbocycles. The second kappa shape index (κ2) is 8.11. The Hall–Kier alpha value is -3.09. The van der Waals surface area contributed by atoms with Gasteiger partial charge in [0.25, 0.3) is 21.8 Å². The van der Waals surface area contributed by atoms with Crippen LogP contribution in [0.25, 0.3) is 0 Å². The normalized spacial score (nSPS) is 13.3. The van der Waals surface area contributed by atoms with E-state index in [1.807, 2.05) is 4.72 Å². The average Bonchev–Trinajstić information content (AvgIpc) is 3.25. The molecule has 2 N–H and O–H groups in total. The van der Waals surface area contributed by atoms with E-state index in [1.165, 1.54) is 31.2 Å². The van der Waals surface area contributed by atoms with Crippen LogP contribution >= 0.6 is 11.3 Å². The van der Waals surface area contributed by atoms with Crippen molar-refractivity contribution < 1.29 is 32.4 Å². The molecule has 0 saturated heterocycles. The van der Waals surface area contributed by atoms with Crippen LogP contribution < -0.4 is 10.0 Å². The number of hydroxylamine groups is 2. The molecule has 1 aromatic heterocycles. The minimum absolute atomic E-state index is 0.0635. The number of imide groups is 1. The van der Waals surface area contributed by atoms with Gasteiger partial charge in [-0.2, -0.15) is 4.72 Å². The second-order valence-corrected chi connectivity index (χ2v) is 9.03. The lowest BCUT2D eigenvalue weighted by Crippen LogP contribution is -2.37. The number of fused-ring (bicyclic) bond motifs is 1. The number of carbonyl (C=O) groups is 4. The Morgan fingerprint density at radius 3 is 2.28 bits per heavy atom. The van der Waals surface area contributed by atoms with Gasteiger partial charge in [-0.25, -0.2) is 13.2 Å². The van der Waals surface area contributed by atoms with Crippen molar-refractivity contribution in [2.75, 3.05) is 6.54 Å². The van der Waals surface area contributed by atoms with Crippen molar-refractivity contribution in [3.8, 4) is 0 Å². The molecule has 0 fully saturated rings. The second-order valence-electron chi connectivity index (χ2n) is 5.87. The van der Waals surface area contributed by atoms with E-state index in [0.29, 0.717) is 9.94 Å². The summed E-state index contributed by atoms with van der Waals surface area (Å²) < 4.78 is 26.6. The molecule has 0 spiro atoms. The van der Waals surface area contributed by atoms with Gasteiger partial charge in [-0.1, -0.05) is 17.2 Å². The fourth-order valence-electron chi connectivity index (χ4n) is 2.42. The van der Waals surface area contributed by atoms with Gasteiger partial charge in [0.05, 0.1) is 17.7 Å². The zero-order valence-corrected chi connectivity index (χ0v) is 16.6. The van der Waals surface area contributed by atoms with E-state index in [9.17, 15) is 27.6 Å². The lowest BCUT2D eigenvalue weighted by atomic mass is 10.1. The van der Waals surface area contributed by atoms with Crippen molar-refractivity contribution in [3.63, 3.8) is 0 Å². The van der Waals surface area contributed by atoms with Crippen LogP contribution in [-0.4, -0.2) is 43.7 Å². The quantitative estimate of drug-likeness (QED) is 0.598. The first-order valence-electron chi connectivity index (χ1n) is 8.20. The number of thiophene rings is 1. The van der Waals surface area contributed by atoms with Gasteiger partial charge in [0, 0.05) is 11.8 Å². The molecule has 1 aliphatic heterocycles. The topological polar surface area (TPSA) is 139 Å². The number of nitrogens with one attached hydrogen (secondary N) is 2. The number of sulfonamides is 1. The number of benzene rings is 1. The highest BCUT2D eigenvalue weighted by Gasteiger charge is 2.38. The fourth-order valence-corrected chi connectivity index (χ4v) is 4.73. The maximum absolute atomic E-state index is 12.3. The Morgan fingerprint density at radius 1 is 1.07 bits per heavy atom. The Kier molecular flexibility index (Phi) is 5.77. The Balaban J connectivity index is 1.59. The molecule has 10 nitrogen and oxygen atoms in total. The van der Waals surface area contributed by atoms with Crippen molar-refractivity contribution in [2.24, 2.45) is 0 Å². The molecule has 3 rings (SSSR count). The average molecular weight is 437 g/mol. The van der Waals surface area contributed by atoms with E-state index in [2.05, 4.69) is 5.32 Å². The predicted octanol–water partition coefficient (Wildman–Crippen LogP) is 0.417. The number of hydrogen-bond donors (Lipinski definition) is 2. The van der Waals surface area contributed by atoms with E-state index >= 15 is 0 Å². The summed E-state index contributed by atoms with van der Waals surface area (Å²) in [7, 11) is -4.02. The number of rotatable bonds is 7. The third-order valence-electron chi connectivity index (χ3n) is 3.77. The maximum atomic E-state index is 12.3. The van der Waals surface area contributed by atoms with Gasteiger partial charge >= 0.3 is 5.97 Å². The van der Waals surface area contributed by atoms with Crippen LogP contribution in [-0.2, 0) is 31.0 Å². The van der Waals surface area contributed by atoms with Crippen LogP contribution in [0.4, 0.5) is 0 Å². The summed E-state index contributed by atoms with van der Waals surface area (Å²) in [5, 5.41) is 2.85. The fraction of sp³-hybridized carbons (Fsp3) is 0.176. The Labute approximate surface area is 169 Å². The molecule has 0 unspecified atom stereocenters. The molecule has 0 bridgehead atoms. The van der Waals surface area contributed by atoms with Gasteiger partial charge in [-0.15, -0.1) is 11.3 Å². The highest BCUT2D eigenvalue weighted by molar-refractivity contribution is 7.91. The summed E-state index contributed by atoms with van der Waals surface area (Å²) in [5.41, 5.74) is 0.187. The third-order valence-corrected chi connectivity index (χ3v) is 6.75. The van der Waals surface area contributed by atoms with Gasteiger partial charge in [0.1, 0.15) is 10.8 Å². The van der Waals surface area contributed by atoms with E-state index in [1.54, 1.807) is 12.1 Å². The van der Waals surface area contributed by atoms with Crippen LogP contribution in [0.2, 0.25) is 0 Å². The molecular weight excluding hydrogens is 422 g/mol. The van der Waals surface area contributed by atoms with Crippen LogP contribution in [0, 0.1) is 0 Å². The molecule has 3 amide bonds. The van der Waals surface area contributed by atoms with Crippen molar-refractivity contribution in [3.05, 3.63) is 52.4 Å². The molecule has 0 radical (unpaired) electrons. The van der Waals surface area contributed by atoms with Crippen molar-refractivity contribution in [1.82, 2.24) is 15.1 Å². The van der Waals surface area contributed by atoms with E-state index in [4.69, 9.17) is 4.84 Å². The number of amides is 3. The zero-order valence-electron chi connectivity index (χ0n) is 15.0. The van der Waals surface area contributed by atoms with Gasteiger partial charge in [-0.05, 0) is 24.3 Å². The molecule has 0 atom stereocenters. The maximum Gasteiger partial charge on any atom is 0.347 e. The first-order chi connectivity index (χ1) is 13.7. The molecule has 2 aromatic rings. The molecule has 2 heterocycles. The Morgan fingerprint density at radius 2 is 1.69 bits per heavy atom. The lowest BCUT2D eigenvalue weighted by molar-refractivity contribution is -0.166. The first kappa shape index (κ1) is 20.6. The monoisotopic (exact) mass is 437 g/mol.